The van der Waals surface area contributed by atoms with Crippen LogP contribution in [0.15, 0.2) is 48.7 Å². The summed E-state index contributed by atoms with van der Waals surface area (Å²) in [5.74, 6) is 0.633. The minimum absolute atomic E-state index is 0.0464. The highest BCUT2D eigenvalue weighted by molar-refractivity contribution is 6.33. The van der Waals surface area contributed by atoms with Crippen LogP contribution in [-0.4, -0.2) is 71.4 Å². The lowest BCUT2D eigenvalue weighted by molar-refractivity contribution is 0.0614. The summed E-state index contributed by atoms with van der Waals surface area (Å²) < 4.78 is 0. The van der Waals surface area contributed by atoms with E-state index in [4.69, 9.17) is 16.6 Å². The summed E-state index contributed by atoms with van der Waals surface area (Å²) in [7, 11) is 5.89. The molecule has 220 valence electrons. The molecule has 1 N–H and O–H groups in total. The molecule has 6 rings (SSSR count). The van der Waals surface area contributed by atoms with Crippen LogP contribution >= 0.6 is 11.6 Å². The molecule has 3 aliphatic rings. The fraction of sp³-hybridized carbons (Fsp3) is 0.455. The van der Waals surface area contributed by atoms with Gasteiger partial charge in [-0.05, 0) is 73.9 Å². The molecule has 1 saturated carbocycles. The Balaban J connectivity index is 1.06. The molecular formula is C33H39ClN6O2. The smallest absolute Gasteiger partial charge is 0.253 e. The van der Waals surface area contributed by atoms with Crippen molar-refractivity contribution >= 4 is 29.4 Å². The van der Waals surface area contributed by atoms with Crippen molar-refractivity contribution in [2.45, 2.75) is 69.6 Å². The van der Waals surface area contributed by atoms with E-state index < -0.39 is 0 Å². The van der Waals surface area contributed by atoms with E-state index in [0.29, 0.717) is 22.2 Å². The third kappa shape index (κ3) is 5.75. The van der Waals surface area contributed by atoms with Gasteiger partial charge < -0.3 is 15.1 Å². The van der Waals surface area contributed by atoms with Gasteiger partial charge in [0, 0.05) is 70.1 Å². The van der Waals surface area contributed by atoms with Crippen LogP contribution in [0.3, 0.4) is 0 Å². The van der Waals surface area contributed by atoms with Crippen molar-refractivity contribution in [3.8, 4) is 0 Å². The van der Waals surface area contributed by atoms with Gasteiger partial charge in [-0.25, -0.2) is 9.97 Å². The van der Waals surface area contributed by atoms with Crippen molar-refractivity contribution in [1.82, 2.24) is 25.1 Å². The second-order valence-electron chi connectivity index (χ2n) is 12.1. The van der Waals surface area contributed by atoms with Crippen molar-refractivity contribution in [2.24, 2.45) is 0 Å². The number of fused-ring (bicyclic) bond motifs is 2. The summed E-state index contributed by atoms with van der Waals surface area (Å²) in [6, 6.07) is 13.7. The number of amides is 2. The number of carbonyl (C=O) groups excluding carboxylic acids is 2. The quantitative estimate of drug-likeness (QED) is 0.435. The van der Waals surface area contributed by atoms with Gasteiger partial charge in [-0.1, -0.05) is 29.8 Å². The van der Waals surface area contributed by atoms with Crippen LogP contribution in [0.4, 0.5) is 5.95 Å². The van der Waals surface area contributed by atoms with Crippen molar-refractivity contribution < 1.29 is 9.59 Å². The van der Waals surface area contributed by atoms with Crippen LogP contribution in [-0.2, 0) is 19.4 Å². The van der Waals surface area contributed by atoms with Crippen LogP contribution in [0.1, 0.15) is 81.2 Å². The van der Waals surface area contributed by atoms with Gasteiger partial charge in [-0.15, -0.1) is 0 Å². The van der Waals surface area contributed by atoms with Crippen molar-refractivity contribution in [3.63, 3.8) is 0 Å². The Kier molecular flexibility index (Phi) is 8.19. The fourth-order valence-corrected chi connectivity index (χ4v) is 7.02. The maximum atomic E-state index is 13.6. The number of carbonyl (C=O) groups is 2. The van der Waals surface area contributed by atoms with Gasteiger partial charge in [0.2, 0.25) is 5.95 Å². The number of nitrogens with one attached hydrogen (secondary N) is 1. The first-order valence-corrected chi connectivity index (χ1v) is 15.4. The van der Waals surface area contributed by atoms with Gasteiger partial charge in [0.15, 0.2) is 0 Å². The standard InChI is InChI=1S/C33H39ClN6O2/c1-38(2)33-35-19-23-20-40(17-16-29(23)37-33)25-13-11-24(12-14-25)39(3)32(42)22-9-8-21-10-15-30(27(21)18-22)36-31(41)26-6-4-5-7-28(26)34/h4-9,18-19,24-25,30H,10-17,20H2,1-3H3,(H,36,41)/t24?,25?,30-/m1/s1. The van der Waals surface area contributed by atoms with Crippen LogP contribution in [0.2, 0.25) is 5.02 Å². The highest BCUT2D eigenvalue weighted by atomic mass is 35.5. The average molecular weight is 587 g/mol. The Labute approximate surface area is 253 Å². The summed E-state index contributed by atoms with van der Waals surface area (Å²) in [6.07, 6.45) is 8.78. The number of rotatable bonds is 6. The zero-order valence-electron chi connectivity index (χ0n) is 24.6. The molecule has 2 aromatic carbocycles. The van der Waals surface area contributed by atoms with E-state index in [1.54, 1.807) is 12.1 Å². The number of anilines is 1. The average Bonchev–Trinajstić information content (AvgIpc) is 3.41. The summed E-state index contributed by atoms with van der Waals surface area (Å²) in [6.45, 7) is 1.92. The SMILES string of the molecule is CN(C)c1ncc2c(n1)CCN(C1CCC(N(C)C(=O)c3ccc4c(c3)[C@H](NC(=O)c3ccccc3Cl)CC4)CC1)C2. The third-order valence-electron chi connectivity index (χ3n) is 9.30. The lowest BCUT2D eigenvalue weighted by Gasteiger charge is -2.41. The molecule has 0 saturated heterocycles. The van der Waals surface area contributed by atoms with E-state index in [9.17, 15) is 9.59 Å². The topological polar surface area (TPSA) is 81.7 Å². The molecule has 3 aromatic rings. The minimum Gasteiger partial charge on any atom is -0.347 e. The van der Waals surface area contributed by atoms with Gasteiger partial charge in [0.05, 0.1) is 22.3 Å². The van der Waals surface area contributed by atoms with E-state index in [2.05, 4.69) is 15.2 Å². The highest BCUT2D eigenvalue weighted by Gasteiger charge is 2.33. The van der Waals surface area contributed by atoms with Crippen LogP contribution in [0, 0.1) is 0 Å². The number of hydrogen-bond acceptors (Lipinski definition) is 6. The van der Waals surface area contributed by atoms with Crippen LogP contribution in [0.5, 0.6) is 0 Å². The highest BCUT2D eigenvalue weighted by Crippen LogP contribution is 2.34. The van der Waals surface area contributed by atoms with E-state index in [1.165, 1.54) is 16.8 Å². The van der Waals surface area contributed by atoms with Gasteiger partial charge in [-0.3, -0.25) is 14.5 Å². The van der Waals surface area contributed by atoms with Gasteiger partial charge >= 0.3 is 0 Å². The van der Waals surface area contributed by atoms with Crippen molar-refractivity contribution in [3.05, 3.63) is 87.2 Å². The number of halogens is 1. The zero-order valence-corrected chi connectivity index (χ0v) is 25.4. The Morgan fingerprint density at radius 1 is 0.976 bits per heavy atom. The molecule has 0 radical (unpaired) electrons. The Hall–Kier alpha value is -3.49. The lowest BCUT2D eigenvalue weighted by Crippen LogP contribution is -2.46. The predicted molar refractivity (Wildman–Crippen MR) is 165 cm³/mol. The maximum absolute atomic E-state index is 13.6. The second-order valence-corrected chi connectivity index (χ2v) is 12.5. The number of nitrogens with zero attached hydrogens (tertiary/aromatic N) is 5. The van der Waals surface area contributed by atoms with Gasteiger partial charge in [0.1, 0.15) is 0 Å². The van der Waals surface area contributed by atoms with E-state index in [0.717, 1.165) is 69.5 Å². The first-order valence-electron chi connectivity index (χ1n) is 15.0. The minimum atomic E-state index is -0.188. The predicted octanol–water partition coefficient (Wildman–Crippen LogP) is 5.05. The molecule has 0 spiro atoms. The molecule has 1 atom stereocenters. The summed E-state index contributed by atoms with van der Waals surface area (Å²) in [5.41, 5.74) is 5.77. The maximum Gasteiger partial charge on any atom is 0.253 e. The molecule has 8 nitrogen and oxygen atoms in total. The molecule has 1 aliphatic heterocycles. The fourth-order valence-electron chi connectivity index (χ4n) is 6.80. The van der Waals surface area contributed by atoms with Gasteiger partial charge in [0.25, 0.3) is 11.8 Å². The molecule has 1 aromatic heterocycles. The Bertz CT molecular complexity index is 1490. The zero-order chi connectivity index (χ0) is 29.4. The molecule has 2 amide bonds. The monoisotopic (exact) mass is 586 g/mol. The van der Waals surface area contributed by atoms with E-state index in [1.807, 2.05) is 67.5 Å². The molecule has 42 heavy (non-hydrogen) atoms. The Morgan fingerprint density at radius 2 is 1.76 bits per heavy atom. The molecular weight excluding hydrogens is 548 g/mol. The van der Waals surface area contributed by atoms with Gasteiger partial charge in [-0.2, -0.15) is 0 Å². The Morgan fingerprint density at radius 3 is 2.52 bits per heavy atom. The van der Waals surface area contributed by atoms with Crippen LogP contribution in [0.25, 0.3) is 0 Å². The van der Waals surface area contributed by atoms with Crippen LogP contribution < -0.4 is 10.2 Å². The molecule has 2 aliphatic carbocycles. The third-order valence-corrected chi connectivity index (χ3v) is 9.63. The second kappa shape index (κ2) is 12.0. The first kappa shape index (κ1) is 28.6. The molecule has 0 unspecified atom stereocenters. The normalized spacial score (nSPS) is 21.8. The lowest BCUT2D eigenvalue weighted by atomic mass is 9.88. The summed E-state index contributed by atoms with van der Waals surface area (Å²) in [5, 5.41) is 3.57. The number of hydrogen-bond donors (Lipinski definition) is 1. The first-order chi connectivity index (χ1) is 20.3. The molecule has 0 bridgehead atoms. The number of benzene rings is 2. The molecule has 2 heterocycles. The molecule has 1 fully saturated rings. The summed E-state index contributed by atoms with van der Waals surface area (Å²) >= 11 is 6.25. The number of aromatic nitrogens is 2. The largest absolute Gasteiger partial charge is 0.347 e. The summed E-state index contributed by atoms with van der Waals surface area (Å²) in [4.78, 5) is 42.3. The molecule has 9 heteroatoms. The number of aryl methyl sites for hydroxylation is 1. The van der Waals surface area contributed by atoms with E-state index in [-0.39, 0.29) is 23.9 Å². The van der Waals surface area contributed by atoms with Crippen molar-refractivity contribution in [2.75, 3.05) is 32.6 Å². The van der Waals surface area contributed by atoms with Crippen molar-refractivity contribution in [1.29, 1.82) is 0 Å². The van der Waals surface area contributed by atoms with E-state index >= 15 is 0 Å².